The van der Waals surface area contributed by atoms with E-state index >= 15 is 0 Å². The third-order valence-corrected chi connectivity index (χ3v) is 4.81. The fraction of sp³-hybridized carbons (Fsp3) is 0.500. The normalized spacial score (nSPS) is 10.8. The standard InChI is InChI=1S/C14H19IN4S/c1-4-6-16-14-13(15)11(5-2)18-12(19-14)7-10-8-20-9(3)17-10/h8H,4-7H2,1-3H3,(H,16,18,19). The maximum atomic E-state index is 4.67. The first-order chi connectivity index (χ1) is 9.63. The summed E-state index contributed by atoms with van der Waals surface area (Å²) in [5, 5.41) is 6.57. The molecule has 6 heteroatoms. The molecule has 108 valence electrons. The van der Waals surface area contributed by atoms with E-state index in [0.717, 1.165) is 51.0 Å². The number of nitrogens with one attached hydrogen (secondary N) is 1. The van der Waals surface area contributed by atoms with E-state index < -0.39 is 0 Å². The van der Waals surface area contributed by atoms with Gasteiger partial charge in [-0.1, -0.05) is 13.8 Å². The highest BCUT2D eigenvalue weighted by Crippen LogP contribution is 2.21. The molecule has 0 saturated heterocycles. The summed E-state index contributed by atoms with van der Waals surface area (Å²) < 4.78 is 1.14. The molecule has 2 heterocycles. The van der Waals surface area contributed by atoms with Gasteiger partial charge in [-0.05, 0) is 42.4 Å². The first-order valence-electron chi connectivity index (χ1n) is 6.84. The van der Waals surface area contributed by atoms with E-state index in [0.29, 0.717) is 6.42 Å². The molecular weight excluding hydrogens is 383 g/mol. The van der Waals surface area contributed by atoms with Crippen LogP contribution in [0.25, 0.3) is 0 Å². The van der Waals surface area contributed by atoms with Crippen LogP contribution in [0.2, 0.25) is 0 Å². The van der Waals surface area contributed by atoms with Crippen molar-refractivity contribution < 1.29 is 0 Å². The number of aryl methyl sites for hydroxylation is 2. The average Bonchev–Trinajstić information content (AvgIpc) is 2.84. The van der Waals surface area contributed by atoms with Gasteiger partial charge in [0, 0.05) is 11.9 Å². The van der Waals surface area contributed by atoms with E-state index in [2.05, 4.69) is 62.1 Å². The van der Waals surface area contributed by atoms with Gasteiger partial charge in [-0.15, -0.1) is 11.3 Å². The molecule has 0 aliphatic heterocycles. The van der Waals surface area contributed by atoms with Gasteiger partial charge in [-0.2, -0.15) is 0 Å². The number of halogens is 1. The van der Waals surface area contributed by atoms with E-state index in [9.17, 15) is 0 Å². The molecule has 20 heavy (non-hydrogen) atoms. The fourth-order valence-electron chi connectivity index (χ4n) is 1.87. The van der Waals surface area contributed by atoms with Crippen molar-refractivity contribution in [2.24, 2.45) is 0 Å². The first kappa shape index (κ1) is 15.6. The van der Waals surface area contributed by atoms with Crippen molar-refractivity contribution in [1.29, 1.82) is 0 Å². The summed E-state index contributed by atoms with van der Waals surface area (Å²) in [5.74, 6) is 1.81. The second-order valence-corrected chi connectivity index (χ2v) is 6.71. The number of hydrogen-bond donors (Lipinski definition) is 1. The van der Waals surface area contributed by atoms with Crippen molar-refractivity contribution in [3.8, 4) is 0 Å². The Morgan fingerprint density at radius 3 is 2.65 bits per heavy atom. The Labute approximate surface area is 137 Å². The van der Waals surface area contributed by atoms with Gasteiger partial charge in [0.05, 0.1) is 26.4 Å². The highest BCUT2D eigenvalue weighted by atomic mass is 127. The largest absolute Gasteiger partial charge is 0.369 e. The van der Waals surface area contributed by atoms with Crippen LogP contribution in [0.1, 0.15) is 42.5 Å². The maximum absolute atomic E-state index is 4.67. The second kappa shape index (κ2) is 7.31. The third kappa shape index (κ3) is 3.88. The molecule has 2 aromatic heterocycles. The third-order valence-electron chi connectivity index (χ3n) is 2.85. The molecule has 1 N–H and O–H groups in total. The van der Waals surface area contributed by atoms with Gasteiger partial charge in [0.2, 0.25) is 0 Å². The summed E-state index contributed by atoms with van der Waals surface area (Å²) in [6, 6.07) is 0. The zero-order valence-electron chi connectivity index (χ0n) is 12.0. The summed E-state index contributed by atoms with van der Waals surface area (Å²) in [7, 11) is 0. The SMILES string of the molecule is CCCNc1nc(Cc2csc(C)n2)nc(CC)c1I. The van der Waals surface area contributed by atoms with E-state index in [1.54, 1.807) is 11.3 Å². The van der Waals surface area contributed by atoms with Crippen LogP contribution in [0, 0.1) is 10.5 Å². The molecule has 0 unspecified atom stereocenters. The quantitative estimate of drug-likeness (QED) is 0.747. The lowest BCUT2D eigenvalue weighted by atomic mass is 10.2. The van der Waals surface area contributed by atoms with Crippen LogP contribution < -0.4 is 5.32 Å². The maximum Gasteiger partial charge on any atom is 0.143 e. The number of rotatable bonds is 6. The minimum Gasteiger partial charge on any atom is -0.369 e. The van der Waals surface area contributed by atoms with Crippen molar-refractivity contribution in [3.05, 3.63) is 31.2 Å². The number of anilines is 1. The summed E-state index contributed by atoms with van der Waals surface area (Å²) in [6.45, 7) is 7.24. The van der Waals surface area contributed by atoms with Crippen molar-refractivity contribution in [1.82, 2.24) is 15.0 Å². The molecule has 0 radical (unpaired) electrons. The average molecular weight is 402 g/mol. The first-order valence-corrected chi connectivity index (χ1v) is 8.80. The summed E-state index contributed by atoms with van der Waals surface area (Å²) in [6.07, 6.45) is 2.71. The highest BCUT2D eigenvalue weighted by Gasteiger charge is 2.12. The molecular formula is C14H19IN4S. The molecule has 4 nitrogen and oxygen atoms in total. The molecule has 0 amide bonds. The molecule has 2 rings (SSSR count). The van der Waals surface area contributed by atoms with E-state index in [4.69, 9.17) is 0 Å². The molecule has 2 aromatic rings. The number of thiazole rings is 1. The van der Waals surface area contributed by atoms with Crippen molar-refractivity contribution >= 4 is 39.7 Å². The Bertz CT molecular complexity index is 583. The van der Waals surface area contributed by atoms with Crippen LogP contribution in [0.4, 0.5) is 5.82 Å². The van der Waals surface area contributed by atoms with E-state index in [1.165, 1.54) is 0 Å². The van der Waals surface area contributed by atoms with Crippen LogP contribution in [-0.2, 0) is 12.8 Å². The summed E-state index contributed by atoms with van der Waals surface area (Å²) in [4.78, 5) is 13.8. The molecule has 0 saturated carbocycles. The topological polar surface area (TPSA) is 50.7 Å². The Morgan fingerprint density at radius 1 is 1.25 bits per heavy atom. The highest BCUT2D eigenvalue weighted by molar-refractivity contribution is 14.1. The Kier molecular flexibility index (Phi) is 5.71. The van der Waals surface area contributed by atoms with Crippen molar-refractivity contribution in [2.45, 2.75) is 40.0 Å². The monoisotopic (exact) mass is 402 g/mol. The minimum absolute atomic E-state index is 0.703. The van der Waals surface area contributed by atoms with Crippen LogP contribution in [0.3, 0.4) is 0 Å². The minimum atomic E-state index is 0.703. The molecule has 0 fully saturated rings. The number of nitrogens with zero attached hydrogens (tertiary/aromatic N) is 3. The van der Waals surface area contributed by atoms with Crippen molar-refractivity contribution in [2.75, 3.05) is 11.9 Å². The molecule has 0 aromatic carbocycles. The van der Waals surface area contributed by atoms with Gasteiger partial charge in [-0.25, -0.2) is 15.0 Å². The van der Waals surface area contributed by atoms with E-state index in [1.807, 2.05) is 6.92 Å². The lowest BCUT2D eigenvalue weighted by Crippen LogP contribution is -2.10. The van der Waals surface area contributed by atoms with Crippen LogP contribution in [-0.4, -0.2) is 21.5 Å². The second-order valence-electron chi connectivity index (χ2n) is 4.56. The lowest BCUT2D eigenvalue weighted by molar-refractivity contribution is 0.872. The Balaban J connectivity index is 2.27. The van der Waals surface area contributed by atoms with Crippen LogP contribution in [0.5, 0.6) is 0 Å². The lowest BCUT2D eigenvalue weighted by Gasteiger charge is -2.11. The molecule has 0 atom stereocenters. The summed E-state index contributed by atoms with van der Waals surface area (Å²) in [5.41, 5.74) is 2.17. The number of hydrogen-bond acceptors (Lipinski definition) is 5. The van der Waals surface area contributed by atoms with E-state index in [-0.39, 0.29) is 0 Å². The number of aromatic nitrogens is 3. The van der Waals surface area contributed by atoms with Crippen LogP contribution in [0.15, 0.2) is 5.38 Å². The van der Waals surface area contributed by atoms with Gasteiger partial charge in [-0.3, -0.25) is 0 Å². The zero-order valence-corrected chi connectivity index (χ0v) is 15.0. The van der Waals surface area contributed by atoms with Gasteiger partial charge in [0.25, 0.3) is 0 Å². The molecule has 0 aliphatic carbocycles. The Hall–Kier alpha value is -0.760. The predicted octanol–water partition coefficient (Wildman–Crippen LogP) is 3.82. The summed E-state index contributed by atoms with van der Waals surface area (Å²) >= 11 is 4.00. The zero-order chi connectivity index (χ0) is 14.5. The fourth-order valence-corrected chi connectivity index (χ4v) is 3.30. The molecule has 0 spiro atoms. The van der Waals surface area contributed by atoms with Gasteiger partial charge >= 0.3 is 0 Å². The van der Waals surface area contributed by atoms with Crippen molar-refractivity contribution in [3.63, 3.8) is 0 Å². The van der Waals surface area contributed by atoms with Gasteiger partial charge < -0.3 is 5.32 Å². The van der Waals surface area contributed by atoms with Crippen LogP contribution >= 0.6 is 33.9 Å². The molecule has 0 bridgehead atoms. The molecule has 0 aliphatic rings. The van der Waals surface area contributed by atoms with Gasteiger partial charge in [0.15, 0.2) is 0 Å². The Morgan fingerprint density at radius 2 is 2.05 bits per heavy atom. The smallest absolute Gasteiger partial charge is 0.143 e. The predicted molar refractivity (Wildman–Crippen MR) is 92.6 cm³/mol. The van der Waals surface area contributed by atoms with Gasteiger partial charge in [0.1, 0.15) is 11.6 Å².